The molecule has 1 aromatic heterocycles. The molecular formula is C9H8F2N4O3. The number of alkyl halides is 2. The van der Waals surface area contributed by atoms with Crippen molar-refractivity contribution in [1.82, 2.24) is 4.98 Å². The molecule has 0 fully saturated rings. The summed E-state index contributed by atoms with van der Waals surface area (Å²) in [6.07, 6.45) is -3.86. The zero-order chi connectivity index (χ0) is 13.7. The highest BCUT2D eigenvalue weighted by molar-refractivity contribution is 5.58. The monoisotopic (exact) mass is 258 g/mol. The van der Waals surface area contributed by atoms with Crippen molar-refractivity contribution in [3.05, 3.63) is 27.9 Å². The number of hydrogen-bond acceptors (Lipinski definition) is 6. The van der Waals surface area contributed by atoms with Crippen LogP contribution in [0, 0.1) is 21.4 Å². The highest BCUT2D eigenvalue weighted by Crippen LogP contribution is 2.22. The fourth-order valence-electron chi connectivity index (χ4n) is 1.08. The molecule has 1 rings (SSSR count). The summed E-state index contributed by atoms with van der Waals surface area (Å²) in [5, 5.41) is 30.3. The molecular weight excluding hydrogens is 250 g/mol. The van der Waals surface area contributed by atoms with Gasteiger partial charge < -0.3 is 10.4 Å². The largest absolute Gasteiger partial charge is 0.385 e. The van der Waals surface area contributed by atoms with Crippen LogP contribution < -0.4 is 5.32 Å². The quantitative estimate of drug-likeness (QED) is 0.599. The summed E-state index contributed by atoms with van der Waals surface area (Å²) in [5.74, 6) is -0.279. The third-order valence-electron chi connectivity index (χ3n) is 1.96. The van der Waals surface area contributed by atoms with Gasteiger partial charge in [-0.3, -0.25) is 10.1 Å². The maximum Gasteiger partial charge on any atom is 0.312 e. The lowest BCUT2D eigenvalue weighted by Crippen LogP contribution is -2.27. The molecule has 0 bridgehead atoms. The first kappa shape index (κ1) is 13.7. The highest BCUT2D eigenvalue weighted by Gasteiger charge is 2.20. The number of aromatic nitrogens is 1. The molecule has 96 valence electrons. The number of nitro groups is 1. The summed E-state index contributed by atoms with van der Waals surface area (Å²) in [6.45, 7) is -0.586. The summed E-state index contributed by atoms with van der Waals surface area (Å²) in [7, 11) is 0. The maximum absolute atomic E-state index is 12.0. The Bertz CT molecular complexity index is 489. The topological polar surface area (TPSA) is 112 Å². The number of hydrogen-bond donors (Lipinski definition) is 2. The van der Waals surface area contributed by atoms with Crippen LogP contribution in [0.1, 0.15) is 5.56 Å². The molecule has 0 saturated heterocycles. The Labute approximate surface area is 99.8 Å². The van der Waals surface area contributed by atoms with Gasteiger partial charge in [-0.25, -0.2) is 13.8 Å². The predicted molar refractivity (Wildman–Crippen MR) is 56.1 cm³/mol. The van der Waals surface area contributed by atoms with Crippen LogP contribution in [0.3, 0.4) is 0 Å². The van der Waals surface area contributed by atoms with E-state index in [1.54, 1.807) is 6.07 Å². The van der Waals surface area contributed by atoms with E-state index in [0.29, 0.717) is 0 Å². The number of nitriles is 1. The minimum atomic E-state index is -2.96. The second-order valence-corrected chi connectivity index (χ2v) is 3.24. The minimum absolute atomic E-state index is 0.0262. The first-order valence-electron chi connectivity index (χ1n) is 4.70. The smallest absolute Gasteiger partial charge is 0.312 e. The standard InChI is InChI=1S/C9H8F2N4O3/c10-8(11)7(16)4-14-9-6(15(17)18)1-5(2-12)3-13-9/h1,3,7-8,16H,4H2,(H,13,14). The first-order valence-corrected chi connectivity index (χ1v) is 4.70. The average molecular weight is 258 g/mol. The van der Waals surface area contributed by atoms with Crippen LogP contribution in [-0.4, -0.2) is 34.1 Å². The van der Waals surface area contributed by atoms with E-state index >= 15 is 0 Å². The third-order valence-corrected chi connectivity index (χ3v) is 1.96. The zero-order valence-electron chi connectivity index (χ0n) is 8.88. The lowest BCUT2D eigenvalue weighted by molar-refractivity contribution is -0.384. The molecule has 9 heteroatoms. The average Bonchev–Trinajstić information content (AvgIpc) is 2.35. The van der Waals surface area contributed by atoms with Gasteiger partial charge in [-0.15, -0.1) is 0 Å². The normalized spacial score (nSPS) is 11.9. The van der Waals surface area contributed by atoms with Crippen LogP contribution in [0.5, 0.6) is 0 Å². The number of pyridine rings is 1. The molecule has 1 unspecified atom stereocenters. The summed E-state index contributed by atoms with van der Waals surface area (Å²) in [5.41, 5.74) is -0.544. The van der Waals surface area contributed by atoms with E-state index in [0.717, 1.165) is 12.3 Å². The Morgan fingerprint density at radius 1 is 1.67 bits per heavy atom. The second kappa shape index (κ2) is 5.83. The Morgan fingerprint density at radius 3 is 2.83 bits per heavy atom. The lowest BCUT2D eigenvalue weighted by atomic mass is 10.2. The minimum Gasteiger partial charge on any atom is -0.385 e. The number of rotatable bonds is 5. The Kier molecular flexibility index (Phi) is 4.45. The van der Waals surface area contributed by atoms with Gasteiger partial charge in [-0.1, -0.05) is 0 Å². The van der Waals surface area contributed by atoms with Gasteiger partial charge in [0.1, 0.15) is 12.2 Å². The van der Waals surface area contributed by atoms with E-state index in [1.165, 1.54) is 0 Å². The third kappa shape index (κ3) is 3.33. The van der Waals surface area contributed by atoms with E-state index in [-0.39, 0.29) is 11.4 Å². The molecule has 1 heterocycles. The van der Waals surface area contributed by atoms with Crippen molar-refractivity contribution in [2.75, 3.05) is 11.9 Å². The molecule has 2 N–H and O–H groups in total. The molecule has 0 aromatic carbocycles. The molecule has 0 aliphatic rings. The molecule has 0 radical (unpaired) electrons. The summed E-state index contributed by atoms with van der Waals surface area (Å²) in [6, 6.07) is 2.63. The number of nitrogens with one attached hydrogen (secondary N) is 1. The van der Waals surface area contributed by atoms with Crippen LogP contribution in [-0.2, 0) is 0 Å². The molecule has 7 nitrogen and oxygen atoms in total. The van der Waals surface area contributed by atoms with E-state index in [9.17, 15) is 18.9 Å². The summed E-state index contributed by atoms with van der Waals surface area (Å²) < 4.78 is 24.0. The molecule has 0 aliphatic carbocycles. The van der Waals surface area contributed by atoms with Crippen molar-refractivity contribution in [2.45, 2.75) is 12.5 Å². The van der Waals surface area contributed by atoms with Crippen molar-refractivity contribution in [3.8, 4) is 6.07 Å². The van der Waals surface area contributed by atoms with Crippen LogP contribution in [0.25, 0.3) is 0 Å². The SMILES string of the molecule is N#Cc1cnc(NCC(O)C(F)F)c([N+](=O)[O-])c1. The Hall–Kier alpha value is -2.34. The van der Waals surface area contributed by atoms with Crippen LogP contribution in [0.15, 0.2) is 12.3 Å². The van der Waals surface area contributed by atoms with Gasteiger partial charge in [0.05, 0.1) is 10.5 Å². The first-order chi connectivity index (χ1) is 8.45. The van der Waals surface area contributed by atoms with Crippen molar-refractivity contribution >= 4 is 11.5 Å². The lowest BCUT2D eigenvalue weighted by Gasteiger charge is -2.11. The molecule has 1 atom stereocenters. The van der Waals surface area contributed by atoms with E-state index in [1.807, 2.05) is 0 Å². The van der Waals surface area contributed by atoms with Crippen molar-refractivity contribution in [2.24, 2.45) is 0 Å². The summed E-state index contributed by atoms with van der Waals surface area (Å²) in [4.78, 5) is 13.4. The van der Waals surface area contributed by atoms with Gasteiger partial charge in [0.2, 0.25) is 5.82 Å². The van der Waals surface area contributed by atoms with Gasteiger partial charge in [-0.2, -0.15) is 5.26 Å². The van der Waals surface area contributed by atoms with Crippen molar-refractivity contribution in [3.63, 3.8) is 0 Å². The zero-order valence-corrected chi connectivity index (χ0v) is 8.88. The van der Waals surface area contributed by atoms with Crippen molar-refractivity contribution < 1.29 is 18.8 Å². The van der Waals surface area contributed by atoms with Gasteiger partial charge in [0.25, 0.3) is 6.43 Å². The van der Waals surface area contributed by atoms with Gasteiger partial charge in [-0.05, 0) is 0 Å². The summed E-state index contributed by atoms with van der Waals surface area (Å²) >= 11 is 0. The molecule has 0 spiro atoms. The van der Waals surface area contributed by atoms with E-state index < -0.39 is 29.7 Å². The van der Waals surface area contributed by atoms with Crippen LogP contribution in [0.4, 0.5) is 20.3 Å². The molecule has 0 saturated carbocycles. The van der Waals surface area contributed by atoms with E-state index in [2.05, 4.69) is 10.3 Å². The Morgan fingerprint density at radius 2 is 2.33 bits per heavy atom. The number of nitrogens with zero attached hydrogens (tertiary/aromatic N) is 3. The van der Waals surface area contributed by atoms with Gasteiger partial charge in [0, 0.05) is 18.8 Å². The predicted octanol–water partition coefficient (Wildman–Crippen LogP) is 0.899. The number of anilines is 1. The van der Waals surface area contributed by atoms with Crippen LogP contribution >= 0.6 is 0 Å². The second-order valence-electron chi connectivity index (χ2n) is 3.24. The van der Waals surface area contributed by atoms with Gasteiger partial charge in [0.15, 0.2) is 0 Å². The van der Waals surface area contributed by atoms with Crippen molar-refractivity contribution in [1.29, 1.82) is 5.26 Å². The highest BCUT2D eigenvalue weighted by atomic mass is 19.3. The molecule has 1 aromatic rings. The van der Waals surface area contributed by atoms with Gasteiger partial charge >= 0.3 is 5.69 Å². The number of halogens is 2. The number of aliphatic hydroxyl groups is 1. The Balaban J connectivity index is 2.89. The van der Waals surface area contributed by atoms with E-state index in [4.69, 9.17) is 10.4 Å². The molecule has 18 heavy (non-hydrogen) atoms. The van der Waals surface area contributed by atoms with Crippen LogP contribution in [0.2, 0.25) is 0 Å². The maximum atomic E-state index is 12.0. The number of aliphatic hydroxyl groups excluding tert-OH is 1. The molecule has 0 amide bonds. The fraction of sp³-hybridized carbons (Fsp3) is 0.333. The molecule has 0 aliphatic heterocycles. The fourth-order valence-corrected chi connectivity index (χ4v) is 1.08.